The Balaban J connectivity index is 1.60. The summed E-state index contributed by atoms with van der Waals surface area (Å²) in [5, 5.41) is 5.55. The number of pyridine rings is 1. The predicted molar refractivity (Wildman–Crippen MR) is 120 cm³/mol. The monoisotopic (exact) mass is 485 g/mol. The molecule has 2 N–H and O–H groups in total. The second-order valence-electron chi connectivity index (χ2n) is 7.30. The lowest BCUT2D eigenvalue weighted by Gasteiger charge is -2.25. The van der Waals surface area contributed by atoms with Crippen LogP contribution in [0.15, 0.2) is 45.9 Å². The average Bonchev–Trinajstić information content (AvgIpc) is 3.30. The molecule has 1 amide bonds. The number of rotatable bonds is 2. The Bertz CT molecular complexity index is 1350. The summed E-state index contributed by atoms with van der Waals surface area (Å²) >= 11 is 5.17. The van der Waals surface area contributed by atoms with Gasteiger partial charge in [-0.3, -0.25) is 9.48 Å². The summed E-state index contributed by atoms with van der Waals surface area (Å²) in [5.41, 5.74) is 8.20. The minimum absolute atomic E-state index is 0.00892. The lowest BCUT2D eigenvalue weighted by molar-refractivity contribution is 0.0741. The minimum Gasteiger partial charge on any atom is -0.383 e. The molecule has 30 heavy (non-hydrogen) atoms. The summed E-state index contributed by atoms with van der Waals surface area (Å²) in [6.45, 7) is 0. The number of fused-ring (bicyclic) bond motifs is 4. The summed E-state index contributed by atoms with van der Waals surface area (Å²) < 4.78 is 17.6. The van der Waals surface area contributed by atoms with Crippen molar-refractivity contribution in [3.63, 3.8) is 0 Å². The van der Waals surface area contributed by atoms with E-state index in [1.54, 1.807) is 47.7 Å². The van der Waals surface area contributed by atoms with Crippen LogP contribution in [0.25, 0.3) is 21.8 Å². The van der Waals surface area contributed by atoms with E-state index in [0.717, 1.165) is 26.2 Å². The lowest BCUT2D eigenvalue weighted by atomic mass is 10.0. The van der Waals surface area contributed by atoms with Crippen molar-refractivity contribution in [2.45, 2.75) is 10.9 Å². The number of carbonyl (C=O) groups excluding carboxylic acids is 1. The van der Waals surface area contributed by atoms with Crippen molar-refractivity contribution in [2.75, 3.05) is 18.5 Å². The second-order valence-corrected chi connectivity index (χ2v) is 9.28. The number of nitrogens with two attached hydrogens (primary N) is 1. The molecule has 0 saturated carbocycles. The molecule has 2 aromatic heterocycles. The Kier molecular flexibility index (Phi) is 4.48. The number of hydrogen-bond donors (Lipinski definition) is 1. The van der Waals surface area contributed by atoms with Crippen molar-refractivity contribution < 1.29 is 9.18 Å². The molecule has 0 spiro atoms. The standard InChI is InChI=1S/C21H17BrFN5OS/c1-27(17-9-30-18-5-10(22)3-4-11(17)18)21(29)12-6-13-16(7-15(12)23)26-20(24)14-8-25-28(2)19(13)14/h3-8,17H,9H2,1-2H3,(H2,24,26)/t17-/m0/s1. The third-order valence-electron chi connectivity index (χ3n) is 5.55. The molecular weight excluding hydrogens is 469 g/mol. The maximum atomic E-state index is 15.0. The van der Waals surface area contributed by atoms with Crippen molar-refractivity contribution in [3.05, 3.63) is 57.9 Å². The first-order valence-corrected chi connectivity index (χ1v) is 11.0. The highest BCUT2D eigenvalue weighted by molar-refractivity contribution is 9.10. The number of nitrogens with zero attached hydrogens (tertiary/aromatic N) is 4. The Morgan fingerprint density at radius 1 is 1.33 bits per heavy atom. The Morgan fingerprint density at radius 2 is 2.13 bits per heavy atom. The summed E-state index contributed by atoms with van der Waals surface area (Å²) in [7, 11) is 3.50. The van der Waals surface area contributed by atoms with E-state index in [4.69, 9.17) is 5.73 Å². The van der Waals surface area contributed by atoms with Gasteiger partial charge in [-0.1, -0.05) is 22.0 Å². The lowest BCUT2D eigenvalue weighted by Crippen LogP contribution is -2.32. The summed E-state index contributed by atoms with van der Waals surface area (Å²) in [5.74, 6) is 0.0251. The molecule has 0 radical (unpaired) electrons. The van der Waals surface area contributed by atoms with Crippen LogP contribution in [0.3, 0.4) is 0 Å². The maximum absolute atomic E-state index is 15.0. The van der Waals surface area contributed by atoms with E-state index < -0.39 is 5.82 Å². The summed E-state index contributed by atoms with van der Waals surface area (Å²) in [6.07, 6.45) is 1.62. The zero-order chi connectivity index (χ0) is 21.2. The average molecular weight is 486 g/mol. The van der Waals surface area contributed by atoms with Crippen LogP contribution in [-0.4, -0.2) is 38.4 Å². The number of benzene rings is 2. The molecule has 3 heterocycles. The molecule has 0 fully saturated rings. The number of amides is 1. The quantitative estimate of drug-likeness (QED) is 0.451. The predicted octanol–water partition coefficient (Wildman–Crippen LogP) is 4.52. The molecule has 9 heteroatoms. The highest BCUT2D eigenvalue weighted by Gasteiger charge is 2.31. The van der Waals surface area contributed by atoms with E-state index in [-0.39, 0.29) is 23.3 Å². The van der Waals surface area contributed by atoms with Crippen molar-refractivity contribution >= 4 is 61.2 Å². The van der Waals surface area contributed by atoms with Gasteiger partial charge in [-0.2, -0.15) is 5.10 Å². The fraction of sp³-hybridized carbons (Fsp3) is 0.190. The molecule has 1 atom stereocenters. The van der Waals surface area contributed by atoms with Gasteiger partial charge in [0, 0.05) is 40.7 Å². The van der Waals surface area contributed by atoms with Crippen LogP contribution in [-0.2, 0) is 7.05 Å². The highest BCUT2D eigenvalue weighted by atomic mass is 79.9. The topological polar surface area (TPSA) is 77.0 Å². The first-order chi connectivity index (χ1) is 14.3. The van der Waals surface area contributed by atoms with Crippen LogP contribution < -0.4 is 5.73 Å². The fourth-order valence-electron chi connectivity index (χ4n) is 3.96. The Morgan fingerprint density at radius 3 is 2.93 bits per heavy atom. The van der Waals surface area contributed by atoms with E-state index in [2.05, 4.69) is 26.0 Å². The van der Waals surface area contributed by atoms with Crippen molar-refractivity contribution in [1.82, 2.24) is 19.7 Å². The maximum Gasteiger partial charge on any atom is 0.257 e. The minimum atomic E-state index is -0.616. The van der Waals surface area contributed by atoms with Gasteiger partial charge in [0.1, 0.15) is 11.6 Å². The number of anilines is 1. The molecule has 1 aliphatic rings. The Hall–Kier alpha value is -2.65. The fourth-order valence-corrected chi connectivity index (χ4v) is 5.80. The van der Waals surface area contributed by atoms with Gasteiger partial charge in [0.05, 0.1) is 34.2 Å². The molecule has 4 aromatic rings. The zero-order valence-corrected chi connectivity index (χ0v) is 18.6. The number of hydrogen-bond acceptors (Lipinski definition) is 5. The highest BCUT2D eigenvalue weighted by Crippen LogP contribution is 2.42. The number of aromatic nitrogens is 3. The molecule has 152 valence electrons. The Labute approximate surface area is 184 Å². The van der Waals surface area contributed by atoms with Crippen molar-refractivity contribution in [3.8, 4) is 0 Å². The normalized spacial score (nSPS) is 15.7. The van der Waals surface area contributed by atoms with E-state index in [1.165, 1.54) is 6.07 Å². The number of halogens is 2. The summed E-state index contributed by atoms with van der Waals surface area (Å²) in [6, 6.07) is 8.72. The van der Waals surface area contributed by atoms with Gasteiger partial charge in [-0.25, -0.2) is 9.37 Å². The van der Waals surface area contributed by atoms with Gasteiger partial charge in [0.15, 0.2) is 0 Å². The smallest absolute Gasteiger partial charge is 0.257 e. The van der Waals surface area contributed by atoms with Gasteiger partial charge >= 0.3 is 0 Å². The molecular formula is C21H17BrFN5OS. The van der Waals surface area contributed by atoms with E-state index >= 15 is 0 Å². The molecule has 0 aliphatic carbocycles. The number of thioether (sulfide) groups is 1. The molecule has 0 bridgehead atoms. The van der Waals surface area contributed by atoms with Gasteiger partial charge in [0.2, 0.25) is 0 Å². The number of aryl methyl sites for hydroxylation is 1. The van der Waals surface area contributed by atoms with Crippen LogP contribution in [0.5, 0.6) is 0 Å². The molecule has 0 saturated heterocycles. The van der Waals surface area contributed by atoms with E-state index in [1.807, 2.05) is 18.2 Å². The number of carbonyl (C=O) groups is 1. The zero-order valence-electron chi connectivity index (χ0n) is 16.2. The van der Waals surface area contributed by atoms with E-state index in [9.17, 15) is 9.18 Å². The molecule has 5 rings (SSSR count). The van der Waals surface area contributed by atoms with Gasteiger partial charge in [-0.15, -0.1) is 11.8 Å². The van der Waals surface area contributed by atoms with Crippen LogP contribution in [0, 0.1) is 5.82 Å². The van der Waals surface area contributed by atoms with Crippen LogP contribution in [0.4, 0.5) is 10.2 Å². The first-order valence-electron chi connectivity index (χ1n) is 9.25. The number of nitrogen functional groups attached to an aromatic ring is 1. The van der Waals surface area contributed by atoms with Gasteiger partial charge in [-0.05, 0) is 23.8 Å². The SMILES string of the molecule is CN(C(=O)c1cc2c(cc1F)nc(N)c1cnn(C)c12)[C@H]1CSc2cc(Br)ccc21. The van der Waals surface area contributed by atoms with Crippen molar-refractivity contribution in [1.29, 1.82) is 0 Å². The first kappa shape index (κ1) is 19.3. The van der Waals surface area contributed by atoms with Crippen LogP contribution in [0.1, 0.15) is 22.0 Å². The van der Waals surface area contributed by atoms with Crippen LogP contribution in [0.2, 0.25) is 0 Å². The molecule has 0 unspecified atom stereocenters. The molecule has 1 aliphatic heterocycles. The third-order valence-corrected chi connectivity index (χ3v) is 7.19. The summed E-state index contributed by atoms with van der Waals surface area (Å²) in [4.78, 5) is 20.3. The van der Waals surface area contributed by atoms with E-state index in [0.29, 0.717) is 16.3 Å². The van der Waals surface area contributed by atoms with Gasteiger partial charge in [0.25, 0.3) is 5.91 Å². The second kappa shape index (κ2) is 6.95. The van der Waals surface area contributed by atoms with Crippen LogP contribution >= 0.6 is 27.7 Å². The molecule has 6 nitrogen and oxygen atoms in total. The largest absolute Gasteiger partial charge is 0.383 e. The van der Waals surface area contributed by atoms with Crippen molar-refractivity contribution in [2.24, 2.45) is 7.05 Å². The molecule has 2 aromatic carbocycles. The third kappa shape index (κ3) is 2.87. The van der Waals surface area contributed by atoms with Gasteiger partial charge < -0.3 is 10.6 Å².